The maximum Gasteiger partial charge on any atom is 0.0589 e. The smallest absolute Gasteiger partial charge is 0.0589 e. The molecule has 3 heteroatoms. The Kier molecular flexibility index (Phi) is 8.01. The Morgan fingerprint density at radius 3 is 2.73 bits per heavy atom. The summed E-state index contributed by atoms with van der Waals surface area (Å²) in [5.41, 5.74) is 0. The quantitative estimate of drug-likeness (QED) is 0.449. The minimum absolute atomic E-state index is 0.595. The number of likely N-dealkylation sites (N-methyl/N-ethyl adjacent to an activating group) is 1. The van der Waals surface area contributed by atoms with Crippen LogP contribution in [-0.4, -0.2) is 44.6 Å². The second kappa shape index (κ2) is 8.05. The lowest BCUT2D eigenvalue weighted by Crippen LogP contribution is -2.22. The van der Waals surface area contributed by atoms with Gasteiger partial charge in [-0.3, -0.25) is 0 Å². The average Bonchev–Trinajstić information content (AvgIpc) is 2.01. The molecule has 0 heterocycles. The molecule has 0 N–H and O–H groups in total. The third kappa shape index (κ3) is 7.85. The van der Waals surface area contributed by atoms with E-state index in [2.05, 4.69) is 18.0 Å². The van der Waals surface area contributed by atoms with Crippen LogP contribution < -0.4 is 0 Å². The van der Waals surface area contributed by atoms with Crippen LogP contribution >= 0.6 is 11.6 Å². The first-order valence-electron chi connectivity index (χ1n) is 3.69. The van der Waals surface area contributed by atoms with Crippen molar-refractivity contribution in [3.63, 3.8) is 0 Å². The van der Waals surface area contributed by atoms with Gasteiger partial charge in [-0.05, 0) is 7.05 Å². The fourth-order valence-corrected chi connectivity index (χ4v) is 0.782. The third-order valence-electron chi connectivity index (χ3n) is 1.35. The van der Waals surface area contributed by atoms with Gasteiger partial charge in [0.25, 0.3) is 0 Å². The van der Waals surface area contributed by atoms with Crippen molar-refractivity contribution in [2.45, 2.75) is 0 Å². The minimum Gasteiger partial charge on any atom is -0.383 e. The molecule has 0 unspecified atom stereocenters. The molecule has 0 aromatic rings. The van der Waals surface area contributed by atoms with E-state index in [0.717, 1.165) is 19.7 Å². The van der Waals surface area contributed by atoms with Gasteiger partial charge < -0.3 is 9.64 Å². The van der Waals surface area contributed by atoms with Gasteiger partial charge in [0.05, 0.1) is 6.61 Å². The van der Waals surface area contributed by atoms with Crippen molar-refractivity contribution in [3.8, 4) is 0 Å². The van der Waals surface area contributed by atoms with E-state index in [9.17, 15) is 0 Å². The van der Waals surface area contributed by atoms with Crippen molar-refractivity contribution in [2.75, 3.05) is 39.7 Å². The van der Waals surface area contributed by atoms with Crippen LogP contribution in [0.5, 0.6) is 0 Å². The van der Waals surface area contributed by atoms with Crippen LogP contribution in [0.1, 0.15) is 0 Å². The number of halogens is 1. The van der Waals surface area contributed by atoms with Crippen molar-refractivity contribution in [3.05, 3.63) is 12.2 Å². The molecule has 66 valence electrons. The molecular formula is C8H16ClNO. The SMILES string of the molecule is COCCN(C)CC=CCCl. The monoisotopic (exact) mass is 177 g/mol. The number of nitrogens with zero attached hydrogens (tertiary/aromatic N) is 1. The summed E-state index contributed by atoms with van der Waals surface area (Å²) in [5, 5.41) is 0. The summed E-state index contributed by atoms with van der Waals surface area (Å²) in [7, 11) is 3.76. The number of alkyl halides is 1. The van der Waals surface area contributed by atoms with E-state index in [1.54, 1.807) is 7.11 Å². The summed E-state index contributed by atoms with van der Waals surface area (Å²) in [6, 6.07) is 0. The lowest BCUT2D eigenvalue weighted by Gasteiger charge is -2.12. The molecule has 0 radical (unpaired) electrons. The Bertz CT molecular complexity index is 106. The molecule has 0 rings (SSSR count). The maximum absolute atomic E-state index is 5.46. The second-order valence-electron chi connectivity index (χ2n) is 2.38. The van der Waals surface area contributed by atoms with Crippen LogP contribution in [0.3, 0.4) is 0 Å². The first-order valence-corrected chi connectivity index (χ1v) is 4.23. The van der Waals surface area contributed by atoms with Crippen LogP contribution in [0.15, 0.2) is 12.2 Å². The molecule has 0 aromatic heterocycles. The van der Waals surface area contributed by atoms with E-state index in [1.807, 2.05) is 6.08 Å². The van der Waals surface area contributed by atoms with E-state index >= 15 is 0 Å². The van der Waals surface area contributed by atoms with E-state index in [1.165, 1.54) is 0 Å². The van der Waals surface area contributed by atoms with Gasteiger partial charge in [0, 0.05) is 26.1 Å². The molecule has 0 saturated carbocycles. The van der Waals surface area contributed by atoms with Crippen LogP contribution in [-0.2, 0) is 4.74 Å². The number of methoxy groups -OCH3 is 1. The predicted octanol–water partition coefficient (Wildman–Crippen LogP) is 1.36. The maximum atomic E-state index is 5.46. The zero-order valence-corrected chi connectivity index (χ0v) is 7.97. The van der Waals surface area contributed by atoms with Gasteiger partial charge in [0.2, 0.25) is 0 Å². The Labute approximate surface area is 73.8 Å². The average molecular weight is 178 g/mol. The second-order valence-corrected chi connectivity index (χ2v) is 2.69. The van der Waals surface area contributed by atoms with Gasteiger partial charge in [-0.25, -0.2) is 0 Å². The molecule has 0 aromatic carbocycles. The van der Waals surface area contributed by atoms with Gasteiger partial charge in [0.1, 0.15) is 0 Å². The van der Waals surface area contributed by atoms with Crippen LogP contribution in [0.4, 0.5) is 0 Å². The van der Waals surface area contributed by atoms with Crippen LogP contribution in [0, 0.1) is 0 Å². The van der Waals surface area contributed by atoms with E-state index in [4.69, 9.17) is 16.3 Å². The third-order valence-corrected chi connectivity index (χ3v) is 1.53. The topological polar surface area (TPSA) is 12.5 Å². The van der Waals surface area contributed by atoms with Gasteiger partial charge in [-0.1, -0.05) is 12.2 Å². The molecule has 0 fully saturated rings. The Morgan fingerprint density at radius 1 is 1.45 bits per heavy atom. The summed E-state index contributed by atoms with van der Waals surface area (Å²) in [6.45, 7) is 2.68. The van der Waals surface area contributed by atoms with E-state index in [0.29, 0.717) is 5.88 Å². The molecule has 0 aliphatic carbocycles. The highest BCUT2D eigenvalue weighted by Gasteiger charge is 1.92. The molecule has 0 aliphatic heterocycles. The number of ether oxygens (including phenoxy) is 1. The summed E-state index contributed by atoms with van der Waals surface area (Å²) >= 11 is 5.46. The highest BCUT2D eigenvalue weighted by molar-refractivity contribution is 6.18. The number of rotatable bonds is 6. The van der Waals surface area contributed by atoms with Crippen molar-refractivity contribution in [1.82, 2.24) is 4.90 Å². The minimum atomic E-state index is 0.595. The Morgan fingerprint density at radius 2 is 2.18 bits per heavy atom. The molecule has 11 heavy (non-hydrogen) atoms. The highest BCUT2D eigenvalue weighted by atomic mass is 35.5. The van der Waals surface area contributed by atoms with Crippen molar-refractivity contribution < 1.29 is 4.74 Å². The standard InChI is InChI=1S/C8H16ClNO/c1-10(7-8-11-2)6-4-3-5-9/h3-4H,5-8H2,1-2H3. The van der Waals surface area contributed by atoms with E-state index in [-0.39, 0.29) is 0 Å². The number of hydrogen-bond donors (Lipinski definition) is 0. The number of allylic oxidation sites excluding steroid dienone is 1. The van der Waals surface area contributed by atoms with Gasteiger partial charge in [-0.2, -0.15) is 0 Å². The van der Waals surface area contributed by atoms with Gasteiger partial charge >= 0.3 is 0 Å². The number of hydrogen-bond acceptors (Lipinski definition) is 2. The van der Waals surface area contributed by atoms with Crippen LogP contribution in [0.2, 0.25) is 0 Å². The van der Waals surface area contributed by atoms with Gasteiger partial charge in [-0.15, -0.1) is 11.6 Å². The first kappa shape index (κ1) is 11.0. The molecule has 0 amide bonds. The zero-order chi connectivity index (χ0) is 8.53. The Balaban J connectivity index is 3.21. The normalized spacial score (nSPS) is 11.6. The summed E-state index contributed by atoms with van der Waals surface area (Å²) in [6.07, 6.45) is 4.01. The lowest BCUT2D eigenvalue weighted by molar-refractivity contribution is 0.166. The van der Waals surface area contributed by atoms with Crippen molar-refractivity contribution >= 4 is 11.6 Å². The lowest BCUT2D eigenvalue weighted by atomic mass is 10.4. The van der Waals surface area contributed by atoms with Crippen molar-refractivity contribution in [2.24, 2.45) is 0 Å². The summed E-state index contributed by atoms with van der Waals surface area (Å²) < 4.78 is 4.93. The first-order chi connectivity index (χ1) is 5.31. The molecule has 0 bridgehead atoms. The predicted molar refractivity (Wildman–Crippen MR) is 49.2 cm³/mol. The van der Waals surface area contributed by atoms with Crippen molar-refractivity contribution in [1.29, 1.82) is 0 Å². The highest BCUT2D eigenvalue weighted by Crippen LogP contribution is 1.85. The fourth-order valence-electron chi connectivity index (χ4n) is 0.656. The zero-order valence-electron chi connectivity index (χ0n) is 7.22. The molecule has 0 saturated heterocycles. The largest absolute Gasteiger partial charge is 0.383 e. The van der Waals surface area contributed by atoms with Crippen LogP contribution in [0.25, 0.3) is 0 Å². The molecule has 2 nitrogen and oxygen atoms in total. The molecule has 0 aliphatic rings. The molecular weight excluding hydrogens is 162 g/mol. The molecule has 0 atom stereocenters. The summed E-state index contributed by atoms with van der Waals surface area (Å²) in [4.78, 5) is 2.17. The van der Waals surface area contributed by atoms with E-state index < -0.39 is 0 Å². The summed E-state index contributed by atoms with van der Waals surface area (Å²) in [5.74, 6) is 0.595. The Hall–Kier alpha value is -0.0500. The molecule has 0 spiro atoms. The van der Waals surface area contributed by atoms with Gasteiger partial charge in [0.15, 0.2) is 0 Å². The fraction of sp³-hybridized carbons (Fsp3) is 0.750.